The van der Waals surface area contributed by atoms with Gasteiger partial charge in [0.15, 0.2) is 6.10 Å². The number of carbonyl (C=O) groups excluding carboxylic acids is 1. The summed E-state index contributed by atoms with van der Waals surface area (Å²) in [5, 5.41) is 12.0. The molecule has 0 saturated carbocycles. The first-order valence-corrected chi connectivity index (χ1v) is 6.75. The molecule has 0 aliphatic carbocycles. The summed E-state index contributed by atoms with van der Waals surface area (Å²) in [6, 6.07) is 3.69. The van der Waals surface area contributed by atoms with Crippen LogP contribution in [0.25, 0.3) is 0 Å². The predicted octanol–water partition coefficient (Wildman–Crippen LogP) is 2.74. The van der Waals surface area contributed by atoms with Crippen LogP contribution in [0, 0.1) is 0 Å². The molecule has 20 heavy (non-hydrogen) atoms. The summed E-state index contributed by atoms with van der Waals surface area (Å²) in [6.07, 6.45) is -0.586. The van der Waals surface area contributed by atoms with Crippen LogP contribution < -0.4 is 10.1 Å². The smallest absolute Gasteiger partial charge is 0.326 e. The molecular formula is C13H15Cl2NO4. The lowest BCUT2D eigenvalue weighted by Crippen LogP contribution is -2.45. The van der Waals surface area contributed by atoms with E-state index in [9.17, 15) is 9.59 Å². The second kappa shape index (κ2) is 7.36. The van der Waals surface area contributed by atoms with E-state index in [1.807, 2.05) is 0 Å². The van der Waals surface area contributed by atoms with Gasteiger partial charge in [0.05, 0.1) is 5.02 Å². The lowest BCUT2D eigenvalue weighted by molar-refractivity contribution is -0.143. The first-order chi connectivity index (χ1) is 9.35. The van der Waals surface area contributed by atoms with Crippen molar-refractivity contribution < 1.29 is 19.4 Å². The molecule has 0 aliphatic heterocycles. The molecule has 110 valence electrons. The van der Waals surface area contributed by atoms with E-state index in [-0.39, 0.29) is 11.4 Å². The second-order valence-corrected chi connectivity index (χ2v) is 4.99. The van der Waals surface area contributed by atoms with Gasteiger partial charge in [-0.05, 0) is 31.5 Å². The van der Waals surface area contributed by atoms with Crippen molar-refractivity contribution in [1.82, 2.24) is 5.32 Å². The van der Waals surface area contributed by atoms with Crippen LogP contribution in [0.1, 0.15) is 20.3 Å². The SMILES string of the molecule is CCC(NC(=O)C(C)Oc1ccc(Cl)cc1Cl)C(=O)O. The van der Waals surface area contributed by atoms with Crippen molar-refractivity contribution in [2.45, 2.75) is 32.4 Å². The van der Waals surface area contributed by atoms with E-state index in [1.165, 1.54) is 13.0 Å². The molecule has 2 unspecified atom stereocenters. The van der Waals surface area contributed by atoms with Crippen LogP contribution in [0.3, 0.4) is 0 Å². The number of carbonyl (C=O) groups is 2. The Morgan fingerprint density at radius 2 is 2.05 bits per heavy atom. The molecule has 0 fully saturated rings. The molecule has 5 nitrogen and oxygen atoms in total. The molecule has 7 heteroatoms. The van der Waals surface area contributed by atoms with Crippen LogP contribution >= 0.6 is 23.2 Å². The van der Waals surface area contributed by atoms with Gasteiger partial charge in [-0.15, -0.1) is 0 Å². The van der Waals surface area contributed by atoms with Gasteiger partial charge < -0.3 is 15.2 Å². The van der Waals surface area contributed by atoms with Crippen LogP contribution in [0.4, 0.5) is 0 Å². The number of benzene rings is 1. The van der Waals surface area contributed by atoms with Gasteiger partial charge in [0.2, 0.25) is 0 Å². The summed E-state index contributed by atoms with van der Waals surface area (Å²) in [4.78, 5) is 22.7. The standard InChI is InChI=1S/C13H15Cl2NO4/c1-3-10(13(18)19)16-12(17)7(2)20-11-5-4-8(14)6-9(11)15/h4-7,10H,3H2,1-2H3,(H,16,17)(H,18,19). The monoisotopic (exact) mass is 319 g/mol. The quantitative estimate of drug-likeness (QED) is 0.845. The van der Waals surface area contributed by atoms with E-state index in [2.05, 4.69) is 5.32 Å². The van der Waals surface area contributed by atoms with Crippen LogP contribution in [0.5, 0.6) is 5.75 Å². The van der Waals surface area contributed by atoms with Gasteiger partial charge in [-0.2, -0.15) is 0 Å². The number of carboxylic acids is 1. The van der Waals surface area contributed by atoms with Crippen LogP contribution in [-0.2, 0) is 9.59 Å². The molecule has 1 rings (SSSR count). The molecule has 2 atom stereocenters. The number of rotatable bonds is 6. The zero-order valence-corrected chi connectivity index (χ0v) is 12.5. The van der Waals surface area contributed by atoms with Gasteiger partial charge in [0.25, 0.3) is 5.91 Å². The van der Waals surface area contributed by atoms with Gasteiger partial charge in [-0.1, -0.05) is 30.1 Å². The molecule has 0 saturated heterocycles. The van der Waals surface area contributed by atoms with Gasteiger partial charge in [0, 0.05) is 5.02 Å². The summed E-state index contributed by atoms with van der Waals surface area (Å²) in [5.74, 6) is -1.30. The summed E-state index contributed by atoms with van der Waals surface area (Å²) in [7, 11) is 0. The molecular weight excluding hydrogens is 305 g/mol. The normalized spacial score (nSPS) is 13.4. The van der Waals surface area contributed by atoms with Crippen molar-refractivity contribution in [3.05, 3.63) is 28.2 Å². The number of nitrogens with one attached hydrogen (secondary N) is 1. The van der Waals surface area contributed by atoms with Gasteiger partial charge in [-0.25, -0.2) is 4.79 Å². The minimum Gasteiger partial charge on any atom is -0.480 e. The molecule has 1 aromatic rings. The maximum Gasteiger partial charge on any atom is 0.326 e. The Kier molecular flexibility index (Phi) is 6.10. The Morgan fingerprint density at radius 3 is 2.55 bits per heavy atom. The molecule has 1 aromatic carbocycles. The van der Waals surface area contributed by atoms with Crippen LogP contribution in [0.15, 0.2) is 18.2 Å². The van der Waals surface area contributed by atoms with Crippen LogP contribution in [0.2, 0.25) is 10.0 Å². The number of halogens is 2. The van der Waals surface area contributed by atoms with Gasteiger partial charge >= 0.3 is 5.97 Å². The summed E-state index contributed by atoms with van der Waals surface area (Å²) >= 11 is 11.7. The lowest BCUT2D eigenvalue weighted by Gasteiger charge is -2.18. The van der Waals surface area contributed by atoms with E-state index in [0.717, 1.165) is 0 Å². The molecule has 0 spiro atoms. The Morgan fingerprint density at radius 1 is 1.40 bits per heavy atom. The zero-order chi connectivity index (χ0) is 15.3. The molecule has 0 aliphatic rings. The third-order valence-electron chi connectivity index (χ3n) is 2.59. The Balaban J connectivity index is 2.68. The number of hydrogen-bond acceptors (Lipinski definition) is 3. The highest BCUT2D eigenvalue weighted by Gasteiger charge is 2.22. The van der Waals surface area contributed by atoms with Crippen LogP contribution in [-0.4, -0.2) is 29.1 Å². The molecule has 0 aromatic heterocycles. The highest BCUT2D eigenvalue weighted by molar-refractivity contribution is 6.35. The Bertz CT molecular complexity index is 507. The summed E-state index contributed by atoms with van der Waals surface area (Å²) < 4.78 is 5.39. The van der Waals surface area contributed by atoms with Crippen molar-refractivity contribution in [3.8, 4) is 5.75 Å². The molecule has 0 radical (unpaired) electrons. The highest BCUT2D eigenvalue weighted by Crippen LogP contribution is 2.28. The number of hydrogen-bond donors (Lipinski definition) is 2. The third-order valence-corrected chi connectivity index (χ3v) is 3.12. The van der Waals surface area contributed by atoms with Crippen molar-refractivity contribution >= 4 is 35.1 Å². The largest absolute Gasteiger partial charge is 0.480 e. The third kappa shape index (κ3) is 4.58. The fraction of sp³-hybridized carbons (Fsp3) is 0.385. The molecule has 0 bridgehead atoms. The minimum atomic E-state index is -1.09. The first kappa shape index (κ1) is 16.6. The number of carboxylic acid groups (broad SMARTS) is 1. The average molecular weight is 320 g/mol. The maximum atomic E-state index is 11.8. The summed E-state index contributed by atoms with van der Waals surface area (Å²) in [5.41, 5.74) is 0. The zero-order valence-electron chi connectivity index (χ0n) is 11.0. The molecule has 2 N–H and O–H groups in total. The molecule has 0 heterocycles. The van der Waals surface area contributed by atoms with Gasteiger partial charge in [-0.3, -0.25) is 4.79 Å². The van der Waals surface area contributed by atoms with E-state index in [1.54, 1.807) is 19.1 Å². The number of ether oxygens (including phenoxy) is 1. The van der Waals surface area contributed by atoms with Crippen molar-refractivity contribution in [2.24, 2.45) is 0 Å². The number of amides is 1. The van der Waals surface area contributed by atoms with Gasteiger partial charge in [0.1, 0.15) is 11.8 Å². The topological polar surface area (TPSA) is 75.6 Å². The Hall–Kier alpha value is -1.46. The minimum absolute atomic E-state index is 0.280. The van der Waals surface area contributed by atoms with E-state index < -0.39 is 24.0 Å². The fourth-order valence-electron chi connectivity index (χ4n) is 1.44. The predicted molar refractivity (Wildman–Crippen MR) is 76.4 cm³/mol. The van der Waals surface area contributed by atoms with Crippen molar-refractivity contribution in [2.75, 3.05) is 0 Å². The van der Waals surface area contributed by atoms with E-state index in [4.69, 9.17) is 33.0 Å². The average Bonchev–Trinajstić information content (AvgIpc) is 2.38. The Labute approximate surface area is 126 Å². The van der Waals surface area contributed by atoms with E-state index in [0.29, 0.717) is 10.8 Å². The van der Waals surface area contributed by atoms with E-state index >= 15 is 0 Å². The highest BCUT2D eigenvalue weighted by atomic mass is 35.5. The second-order valence-electron chi connectivity index (χ2n) is 4.14. The lowest BCUT2D eigenvalue weighted by atomic mass is 10.2. The summed E-state index contributed by atoms with van der Waals surface area (Å²) in [6.45, 7) is 3.18. The van der Waals surface area contributed by atoms with Crippen molar-refractivity contribution in [3.63, 3.8) is 0 Å². The molecule has 1 amide bonds. The fourth-order valence-corrected chi connectivity index (χ4v) is 1.90. The number of aliphatic carboxylic acids is 1. The van der Waals surface area contributed by atoms with Crippen molar-refractivity contribution in [1.29, 1.82) is 0 Å². The maximum absolute atomic E-state index is 11.8. The first-order valence-electron chi connectivity index (χ1n) is 6.00.